The van der Waals surface area contributed by atoms with Gasteiger partial charge in [-0.1, -0.05) is 0 Å². The molecule has 2 amide bonds. The molecule has 0 saturated carbocycles. The average Bonchev–Trinajstić information content (AvgIpc) is 2.28. The molecule has 1 aromatic rings. The number of hydrogen-bond donors (Lipinski definition) is 3. The SMILES string of the molecule is C[C@@H](CO)NC(=O)Nc1ccc(C(F)(F)F)nc1. The van der Waals surface area contributed by atoms with E-state index in [0.717, 1.165) is 18.3 Å². The summed E-state index contributed by atoms with van der Waals surface area (Å²) in [6.07, 6.45) is -3.60. The van der Waals surface area contributed by atoms with Crippen LogP contribution >= 0.6 is 0 Å². The van der Waals surface area contributed by atoms with E-state index in [4.69, 9.17) is 5.11 Å². The zero-order valence-electron chi connectivity index (χ0n) is 9.45. The Balaban J connectivity index is 2.61. The highest BCUT2D eigenvalue weighted by molar-refractivity contribution is 5.89. The van der Waals surface area contributed by atoms with E-state index in [0.29, 0.717) is 0 Å². The van der Waals surface area contributed by atoms with Crippen LogP contribution in [0.4, 0.5) is 23.7 Å². The minimum Gasteiger partial charge on any atom is -0.394 e. The van der Waals surface area contributed by atoms with Crippen LogP contribution in [-0.4, -0.2) is 28.8 Å². The fraction of sp³-hybridized carbons (Fsp3) is 0.400. The topological polar surface area (TPSA) is 74.2 Å². The molecule has 100 valence electrons. The van der Waals surface area contributed by atoms with Crippen molar-refractivity contribution in [3.63, 3.8) is 0 Å². The molecule has 1 rings (SSSR count). The highest BCUT2D eigenvalue weighted by Gasteiger charge is 2.32. The van der Waals surface area contributed by atoms with Crippen LogP contribution in [-0.2, 0) is 6.18 Å². The van der Waals surface area contributed by atoms with Crippen LogP contribution in [0.2, 0.25) is 0 Å². The van der Waals surface area contributed by atoms with E-state index in [1.54, 1.807) is 6.92 Å². The molecule has 0 spiro atoms. The van der Waals surface area contributed by atoms with E-state index in [1.165, 1.54) is 0 Å². The second-order valence-electron chi connectivity index (χ2n) is 3.61. The number of amides is 2. The lowest BCUT2D eigenvalue weighted by atomic mass is 10.3. The predicted molar refractivity (Wildman–Crippen MR) is 57.9 cm³/mol. The Labute approximate surface area is 101 Å². The van der Waals surface area contributed by atoms with Crippen molar-refractivity contribution < 1.29 is 23.1 Å². The lowest BCUT2D eigenvalue weighted by Crippen LogP contribution is -2.38. The molecule has 1 heterocycles. The molecule has 0 aromatic carbocycles. The molecule has 0 aliphatic heterocycles. The minimum atomic E-state index is -4.51. The number of aromatic nitrogens is 1. The highest BCUT2D eigenvalue weighted by atomic mass is 19.4. The van der Waals surface area contributed by atoms with Crippen LogP contribution in [0.15, 0.2) is 18.3 Å². The summed E-state index contributed by atoms with van der Waals surface area (Å²) in [4.78, 5) is 14.5. The third-order valence-electron chi connectivity index (χ3n) is 1.96. The van der Waals surface area contributed by atoms with Gasteiger partial charge in [0.25, 0.3) is 0 Å². The molecule has 0 unspecified atom stereocenters. The Morgan fingerprint density at radius 1 is 1.50 bits per heavy atom. The van der Waals surface area contributed by atoms with Crippen LogP contribution in [0.25, 0.3) is 0 Å². The van der Waals surface area contributed by atoms with Gasteiger partial charge in [0.1, 0.15) is 5.69 Å². The number of aliphatic hydroxyl groups is 1. The maximum atomic E-state index is 12.2. The Bertz CT molecular complexity index is 406. The summed E-state index contributed by atoms with van der Waals surface area (Å²) in [5.74, 6) is 0. The lowest BCUT2D eigenvalue weighted by molar-refractivity contribution is -0.141. The van der Waals surface area contributed by atoms with E-state index in [1.807, 2.05) is 0 Å². The molecular weight excluding hydrogens is 251 g/mol. The number of nitrogens with one attached hydrogen (secondary N) is 2. The van der Waals surface area contributed by atoms with Crippen LogP contribution < -0.4 is 10.6 Å². The zero-order valence-corrected chi connectivity index (χ0v) is 9.45. The first-order valence-corrected chi connectivity index (χ1v) is 5.04. The molecule has 18 heavy (non-hydrogen) atoms. The van der Waals surface area contributed by atoms with Crippen LogP contribution in [0.1, 0.15) is 12.6 Å². The third-order valence-corrected chi connectivity index (χ3v) is 1.96. The number of urea groups is 1. The maximum absolute atomic E-state index is 12.2. The van der Waals surface area contributed by atoms with Crippen molar-refractivity contribution in [3.05, 3.63) is 24.0 Å². The van der Waals surface area contributed by atoms with Crippen molar-refractivity contribution >= 4 is 11.7 Å². The van der Waals surface area contributed by atoms with Crippen molar-refractivity contribution in [2.24, 2.45) is 0 Å². The predicted octanol–water partition coefficient (Wildman–Crippen LogP) is 1.60. The Morgan fingerprint density at radius 3 is 2.61 bits per heavy atom. The van der Waals surface area contributed by atoms with Crippen molar-refractivity contribution in [1.82, 2.24) is 10.3 Å². The number of pyridine rings is 1. The summed E-state index contributed by atoms with van der Waals surface area (Å²) < 4.78 is 36.6. The fourth-order valence-corrected chi connectivity index (χ4v) is 1.07. The molecule has 0 radical (unpaired) electrons. The van der Waals surface area contributed by atoms with Crippen LogP contribution in [0, 0.1) is 0 Å². The quantitative estimate of drug-likeness (QED) is 0.775. The molecule has 8 heteroatoms. The average molecular weight is 263 g/mol. The van der Waals surface area contributed by atoms with Gasteiger partial charge in [0.2, 0.25) is 0 Å². The molecular formula is C10H12F3N3O2. The summed E-state index contributed by atoms with van der Waals surface area (Å²) in [7, 11) is 0. The van der Waals surface area contributed by atoms with Crippen molar-refractivity contribution in [2.75, 3.05) is 11.9 Å². The second kappa shape index (κ2) is 5.67. The molecule has 3 N–H and O–H groups in total. The van der Waals surface area contributed by atoms with E-state index in [9.17, 15) is 18.0 Å². The summed E-state index contributed by atoms with van der Waals surface area (Å²) in [6, 6.07) is 0.787. The summed E-state index contributed by atoms with van der Waals surface area (Å²) >= 11 is 0. The number of carbonyl (C=O) groups is 1. The second-order valence-corrected chi connectivity index (χ2v) is 3.61. The van der Waals surface area contributed by atoms with Gasteiger partial charge in [-0.3, -0.25) is 0 Å². The summed E-state index contributed by atoms with van der Waals surface area (Å²) in [5.41, 5.74) is -0.900. The van der Waals surface area contributed by atoms with Crippen LogP contribution in [0.3, 0.4) is 0 Å². The van der Waals surface area contributed by atoms with E-state index in [2.05, 4.69) is 15.6 Å². The van der Waals surface area contributed by atoms with Gasteiger partial charge in [0.15, 0.2) is 0 Å². The van der Waals surface area contributed by atoms with Crippen LogP contribution in [0.5, 0.6) is 0 Å². The number of carbonyl (C=O) groups excluding carboxylic acids is 1. The van der Waals surface area contributed by atoms with E-state index in [-0.39, 0.29) is 12.3 Å². The first-order chi connectivity index (χ1) is 8.32. The zero-order chi connectivity index (χ0) is 13.8. The lowest BCUT2D eigenvalue weighted by Gasteiger charge is -2.12. The third kappa shape index (κ3) is 4.21. The molecule has 1 aromatic heterocycles. The highest BCUT2D eigenvalue weighted by Crippen LogP contribution is 2.27. The number of halogens is 3. The van der Waals surface area contributed by atoms with Crippen molar-refractivity contribution in [2.45, 2.75) is 19.1 Å². The number of aliphatic hydroxyl groups excluding tert-OH is 1. The Morgan fingerprint density at radius 2 is 2.17 bits per heavy atom. The smallest absolute Gasteiger partial charge is 0.394 e. The van der Waals surface area contributed by atoms with Gasteiger partial charge in [-0.15, -0.1) is 0 Å². The number of nitrogens with zero attached hydrogens (tertiary/aromatic N) is 1. The van der Waals surface area contributed by atoms with E-state index >= 15 is 0 Å². The van der Waals surface area contributed by atoms with Gasteiger partial charge in [0.05, 0.1) is 24.5 Å². The molecule has 0 aliphatic rings. The largest absolute Gasteiger partial charge is 0.433 e. The van der Waals surface area contributed by atoms with Gasteiger partial charge < -0.3 is 15.7 Å². The number of rotatable bonds is 3. The number of anilines is 1. The van der Waals surface area contributed by atoms with Gasteiger partial charge in [-0.05, 0) is 19.1 Å². The van der Waals surface area contributed by atoms with Crippen molar-refractivity contribution in [3.8, 4) is 0 Å². The van der Waals surface area contributed by atoms with Gasteiger partial charge >= 0.3 is 12.2 Å². The Hall–Kier alpha value is -1.83. The van der Waals surface area contributed by atoms with Gasteiger partial charge in [-0.2, -0.15) is 13.2 Å². The molecule has 5 nitrogen and oxygen atoms in total. The first-order valence-electron chi connectivity index (χ1n) is 5.04. The minimum absolute atomic E-state index is 0.130. The van der Waals surface area contributed by atoms with Gasteiger partial charge in [0, 0.05) is 0 Å². The monoisotopic (exact) mass is 263 g/mol. The molecule has 0 fully saturated rings. The standard InChI is InChI=1S/C10H12F3N3O2/c1-6(5-17)15-9(18)16-7-2-3-8(14-4-7)10(11,12)13/h2-4,6,17H,5H2,1H3,(H2,15,16,18)/t6-/m0/s1. The first kappa shape index (κ1) is 14.2. The number of hydrogen-bond acceptors (Lipinski definition) is 3. The number of alkyl halides is 3. The molecule has 0 bridgehead atoms. The fourth-order valence-electron chi connectivity index (χ4n) is 1.07. The maximum Gasteiger partial charge on any atom is 0.433 e. The summed E-state index contributed by atoms with van der Waals surface area (Å²) in [6.45, 7) is 1.34. The molecule has 0 aliphatic carbocycles. The van der Waals surface area contributed by atoms with E-state index < -0.39 is 23.9 Å². The summed E-state index contributed by atoms with van der Waals surface area (Å²) in [5, 5.41) is 13.4. The molecule has 0 saturated heterocycles. The Kier molecular flexibility index (Phi) is 4.49. The van der Waals surface area contributed by atoms with Crippen molar-refractivity contribution in [1.29, 1.82) is 0 Å². The van der Waals surface area contributed by atoms with Gasteiger partial charge in [-0.25, -0.2) is 9.78 Å². The normalized spacial score (nSPS) is 12.9. The molecule has 1 atom stereocenters.